The van der Waals surface area contributed by atoms with E-state index in [-0.39, 0.29) is 6.61 Å². The van der Waals surface area contributed by atoms with Crippen molar-refractivity contribution < 1.29 is 5.11 Å². The third kappa shape index (κ3) is 1.80. The zero-order valence-electron chi connectivity index (χ0n) is 7.67. The minimum absolute atomic E-state index is 0.0809. The van der Waals surface area contributed by atoms with Crippen LogP contribution < -0.4 is 0 Å². The SMILES string of the molecule is OCCn1cc(-c2ccccc2)nn1. The molecule has 1 aromatic heterocycles. The quantitative estimate of drug-likeness (QED) is 0.781. The van der Waals surface area contributed by atoms with Crippen LogP contribution >= 0.6 is 0 Å². The summed E-state index contributed by atoms with van der Waals surface area (Å²) >= 11 is 0. The van der Waals surface area contributed by atoms with Crippen molar-refractivity contribution in [3.63, 3.8) is 0 Å². The van der Waals surface area contributed by atoms with Gasteiger partial charge in [-0.1, -0.05) is 35.5 Å². The van der Waals surface area contributed by atoms with Crippen molar-refractivity contribution in [1.29, 1.82) is 0 Å². The first-order valence-corrected chi connectivity index (χ1v) is 4.46. The lowest BCUT2D eigenvalue weighted by Gasteiger charge is -1.93. The molecular formula is C10H11N3O. The maximum absolute atomic E-state index is 8.71. The van der Waals surface area contributed by atoms with Crippen molar-refractivity contribution in [3.8, 4) is 11.3 Å². The second-order valence-corrected chi connectivity index (χ2v) is 2.96. The molecule has 2 rings (SSSR count). The van der Waals surface area contributed by atoms with E-state index in [2.05, 4.69) is 10.3 Å². The Morgan fingerprint density at radius 1 is 1.21 bits per heavy atom. The van der Waals surface area contributed by atoms with E-state index in [4.69, 9.17) is 5.11 Å². The molecular weight excluding hydrogens is 178 g/mol. The number of nitrogens with zero attached hydrogens (tertiary/aromatic N) is 3. The van der Waals surface area contributed by atoms with Crippen molar-refractivity contribution in [2.75, 3.05) is 6.61 Å². The number of aliphatic hydroxyl groups excluding tert-OH is 1. The monoisotopic (exact) mass is 189 g/mol. The predicted molar refractivity (Wildman–Crippen MR) is 52.5 cm³/mol. The molecule has 0 spiro atoms. The van der Waals surface area contributed by atoms with Crippen LogP contribution in [0.3, 0.4) is 0 Å². The first kappa shape index (κ1) is 8.90. The number of benzene rings is 1. The summed E-state index contributed by atoms with van der Waals surface area (Å²) in [6, 6.07) is 9.84. The maximum Gasteiger partial charge on any atom is 0.113 e. The molecule has 0 saturated heterocycles. The third-order valence-electron chi connectivity index (χ3n) is 1.94. The van der Waals surface area contributed by atoms with Gasteiger partial charge in [-0.25, -0.2) is 4.68 Å². The Labute approximate surface area is 81.8 Å². The van der Waals surface area contributed by atoms with Gasteiger partial charge in [0.2, 0.25) is 0 Å². The fraction of sp³-hybridized carbons (Fsp3) is 0.200. The Balaban J connectivity index is 2.25. The highest BCUT2D eigenvalue weighted by molar-refractivity contribution is 5.56. The van der Waals surface area contributed by atoms with Crippen molar-refractivity contribution in [2.24, 2.45) is 0 Å². The van der Waals surface area contributed by atoms with Crippen LogP contribution in [0.15, 0.2) is 36.5 Å². The number of hydrogen-bond acceptors (Lipinski definition) is 3. The summed E-state index contributed by atoms with van der Waals surface area (Å²) in [5.41, 5.74) is 1.87. The van der Waals surface area contributed by atoms with Crippen LogP contribution in [0, 0.1) is 0 Å². The second-order valence-electron chi connectivity index (χ2n) is 2.96. The molecule has 14 heavy (non-hydrogen) atoms. The summed E-state index contributed by atoms with van der Waals surface area (Å²) in [6.45, 7) is 0.567. The van der Waals surface area contributed by atoms with Crippen LogP contribution in [-0.4, -0.2) is 26.7 Å². The molecule has 1 heterocycles. The topological polar surface area (TPSA) is 50.9 Å². The summed E-state index contributed by atoms with van der Waals surface area (Å²) in [4.78, 5) is 0. The van der Waals surface area contributed by atoms with Crippen molar-refractivity contribution in [2.45, 2.75) is 6.54 Å². The van der Waals surface area contributed by atoms with Gasteiger partial charge in [0.05, 0.1) is 19.3 Å². The molecule has 1 aromatic carbocycles. The minimum atomic E-state index is 0.0809. The standard InChI is InChI=1S/C10H11N3O/c14-7-6-13-8-10(11-12-13)9-4-2-1-3-5-9/h1-5,8,14H,6-7H2. The van der Waals surface area contributed by atoms with Gasteiger partial charge in [-0.05, 0) is 0 Å². The second kappa shape index (κ2) is 4.02. The van der Waals surface area contributed by atoms with Gasteiger partial charge in [0, 0.05) is 5.56 Å². The highest BCUT2D eigenvalue weighted by Gasteiger charge is 2.01. The summed E-state index contributed by atoms with van der Waals surface area (Å²) < 4.78 is 1.63. The molecule has 0 aliphatic carbocycles. The van der Waals surface area contributed by atoms with E-state index in [9.17, 15) is 0 Å². The number of rotatable bonds is 3. The molecule has 0 radical (unpaired) electrons. The van der Waals surface area contributed by atoms with Gasteiger partial charge in [-0.15, -0.1) is 5.10 Å². The Bertz CT molecular complexity index is 397. The van der Waals surface area contributed by atoms with Crippen LogP contribution in [0.5, 0.6) is 0 Å². The Morgan fingerprint density at radius 3 is 2.71 bits per heavy atom. The van der Waals surface area contributed by atoms with Gasteiger partial charge in [-0.3, -0.25) is 0 Å². The van der Waals surface area contributed by atoms with Gasteiger partial charge >= 0.3 is 0 Å². The average molecular weight is 189 g/mol. The van der Waals surface area contributed by atoms with Crippen LogP contribution in [0.1, 0.15) is 0 Å². The highest BCUT2D eigenvalue weighted by atomic mass is 16.3. The molecule has 4 nitrogen and oxygen atoms in total. The predicted octanol–water partition coefficient (Wildman–Crippen LogP) is 0.937. The number of aliphatic hydroxyl groups is 1. The van der Waals surface area contributed by atoms with Crippen LogP contribution in [-0.2, 0) is 6.54 Å². The normalized spacial score (nSPS) is 10.4. The van der Waals surface area contributed by atoms with Crippen LogP contribution in [0.2, 0.25) is 0 Å². The summed E-state index contributed by atoms with van der Waals surface area (Å²) in [5, 5.41) is 16.6. The van der Waals surface area contributed by atoms with E-state index in [0.29, 0.717) is 6.54 Å². The first-order valence-electron chi connectivity index (χ1n) is 4.46. The fourth-order valence-corrected chi connectivity index (χ4v) is 1.25. The summed E-state index contributed by atoms with van der Waals surface area (Å²) in [7, 11) is 0. The molecule has 2 aromatic rings. The Hall–Kier alpha value is -1.68. The zero-order chi connectivity index (χ0) is 9.80. The molecule has 0 aliphatic heterocycles. The van der Waals surface area contributed by atoms with E-state index in [0.717, 1.165) is 11.3 Å². The molecule has 4 heteroatoms. The van der Waals surface area contributed by atoms with Crippen molar-refractivity contribution in [3.05, 3.63) is 36.5 Å². The van der Waals surface area contributed by atoms with E-state index in [1.54, 1.807) is 4.68 Å². The smallest absolute Gasteiger partial charge is 0.113 e. The molecule has 0 atom stereocenters. The van der Waals surface area contributed by atoms with Gasteiger partial charge in [0.1, 0.15) is 5.69 Å². The molecule has 0 fully saturated rings. The summed E-state index contributed by atoms with van der Waals surface area (Å²) in [6.07, 6.45) is 1.82. The zero-order valence-corrected chi connectivity index (χ0v) is 7.67. The number of hydrogen-bond donors (Lipinski definition) is 1. The molecule has 1 N–H and O–H groups in total. The lowest BCUT2D eigenvalue weighted by molar-refractivity contribution is 0.268. The first-order chi connectivity index (χ1) is 6.90. The largest absolute Gasteiger partial charge is 0.394 e. The Morgan fingerprint density at radius 2 is 2.00 bits per heavy atom. The van der Waals surface area contributed by atoms with Gasteiger partial charge in [0.25, 0.3) is 0 Å². The van der Waals surface area contributed by atoms with Gasteiger partial charge in [0.15, 0.2) is 0 Å². The van der Waals surface area contributed by atoms with Crippen molar-refractivity contribution >= 4 is 0 Å². The Kier molecular flexibility index (Phi) is 2.55. The van der Waals surface area contributed by atoms with E-state index >= 15 is 0 Å². The van der Waals surface area contributed by atoms with Gasteiger partial charge < -0.3 is 5.11 Å². The van der Waals surface area contributed by atoms with E-state index < -0.39 is 0 Å². The molecule has 0 bridgehead atoms. The molecule has 0 amide bonds. The highest BCUT2D eigenvalue weighted by Crippen LogP contribution is 2.14. The fourth-order valence-electron chi connectivity index (χ4n) is 1.25. The maximum atomic E-state index is 8.71. The molecule has 72 valence electrons. The van der Waals surface area contributed by atoms with Gasteiger partial charge in [-0.2, -0.15) is 0 Å². The van der Waals surface area contributed by atoms with Crippen LogP contribution in [0.25, 0.3) is 11.3 Å². The average Bonchev–Trinajstić information content (AvgIpc) is 2.68. The minimum Gasteiger partial charge on any atom is -0.394 e. The lowest BCUT2D eigenvalue weighted by atomic mass is 10.2. The van der Waals surface area contributed by atoms with Crippen molar-refractivity contribution in [1.82, 2.24) is 15.0 Å². The molecule has 0 aliphatic rings. The number of aromatic nitrogens is 3. The summed E-state index contributed by atoms with van der Waals surface area (Å²) in [5.74, 6) is 0. The molecule has 0 saturated carbocycles. The lowest BCUT2D eigenvalue weighted by Crippen LogP contribution is -2.01. The van der Waals surface area contributed by atoms with Crippen LogP contribution in [0.4, 0.5) is 0 Å². The van der Waals surface area contributed by atoms with E-state index in [1.807, 2.05) is 36.5 Å². The molecule has 0 unspecified atom stereocenters. The third-order valence-corrected chi connectivity index (χ3v) is 1.94. The van der Waals surface area contributed by atoms with E-state index in [1.165, 1.54) is 0 Å².